The van der Waals surface area contributed by atoms with Crippen LogP contribution in [0.25, 0.3) is 0 Å². The van der Waals surface area contributed by atoms with Gasteiger partial charge in [-0.1, -0.05) is 11.6 Å². The smallest absolute Gasteiger partial charge is 0.335 e. The molecule has 4 N–H and O–H groups in total. The van der Waals surface area contributed by atoms with E-state index in [9.17, 15) is 9.59 Å². The summed E-state index contributed by atoms with van der Waals surface area (Å²) < 4.78 is 5.19. The zero-order chi connectivity index (χ0) is 14.7. The van der Waals surface area contributed by atoms with E-state index in [0.29, 0.717) is 5.76 Å². The number of hydrogen-bond donors (Lipinski definition) is 3. The second-order valence-corrected chi connectivity index (χ2v) is 4.39. The van der Waals surface area contributed by atoms with E-state index in [1.807, 2.05) is 0 Å². The Morgan fingerprint density at radius 2 is 2.05 bits per heavy atom. The predicted octanol–water partition coefficient (Wildman–Crippen LogP) is 2.34. The van der Waals surface area contributed by atoms with Crippen molar-refractivity contribution in [1.82, 2.24) is 0 Å². The van der Waals surface area contributed by atoms with Crippen molar-refractivity contribution < 1.29 is 19.1 Å². The third-order valence-electron chi connectivity index (χ3n) is 2.49. The first-order chi connectivity index (χ1) is 9.49. The van der Waals surface area contributed by atoms with Gasteiger partial charge in [0.1, 0.15) is 5.76 Å². The molecule has 0 spiro atoms. The minimum absolute atomic E-state index is 0.0186. The Bertz CT molecular complexity index is 666. The zero-order valence-corrected chi connectivity index (χ0v) is 11.0. The average molecular weight is 295 g/mol. The molecule has 0 bridgehead atoms. The van der Waals surface area contributed by atoms with Gasteiger partial charge in [-0.15, -0.1) is 0 Å². The largest absolute Gasteiger partial charge is 0.478 e. The highest BCUT2D eigenvalue weighted by atomic mass is 35.5. The maximum atomic E-state index is 11.9. The zero-order valence-electron chi connectivity index (χ0n) is 10.2. The first-order valence-corrected chi connectivity index (χ1v) is 6.01. The lowest BCUT2D eigenvalue weighted by molar-refractivity contribution is 0.0696. The highest BCUT2D eigenvalue weighted by Gasteiger charge is 2.13. The number of carboxylic acid groups (broad SMARTS) is 1. The standard InChI is InChI=1S/C13H11ClN2O4/c14-8-3-7(13(18)19)4-9(5-8)16-12(17)11-2-1-10(6-15)20-11/h1-5H,6,15H2,(H,16,17)(H,18,19). The van der Waals surface area contributed by atoms with E-state index in [4.69, 9.17) is 26.9 Å². The fourth-order valence-electron chi connectivity index (χ4n) is 1.59. The van der Waals surface area contributed by atoms with Gasteiger partial charge in [-0.05, 0) is 30.3 Å². The van der Waals surface area contributed by atoms with E-state index < -0.39 is 11.9 Å². The fourth-order valence-corrected chi connectivity index (χ4v) is 1.82. The van der Waals surface area contributed by atoms with Crippen LogP contribution in [0.3, 0.4) is 0 Å². The van der Waals surface area contributed by atoms with Gasteiger partial charge in [0.2, 0.25) is 0 Å². The van der Waals surface area contributed by atoms with Crippen molar-refractivity contribution in [3.63, 3.8) is 0 Å². The first-order valence-electron chi connectivity index (χ1n) is 5.63. The van der Waals surface area contributed by atoms with Crippen molar-refractivity contribution in [3.8, 4) is 0 Å². The molecule has 7 heteroatoms. The van der Waals surface area contributed by atoms with E-state index >= 15 is 0 Å². The van der Waals surface area contributed by atoms with Crippen molar-refractivity contribution in [2.45, 2.75) is 6.54 Å². The second-order valence-electron chi connectivity index (χ2n) is 3.96. The molecule has 0 unspecified atom stereocenters. The Morgan fingerprint density at radius 3 is 2.65 bits per heavy atom. The molecule has 20 heavy (non-hydrogen) atoms. The van der Waals surface area contributed by atoms with Gasteiger partial charge in [-0.25, -0.2) is 4.79 Å². The molecular weight excluding hydrogens is 284 g/mol. The van der Waals surface area contributed by atoms with Crippen LogP contribution in [0.1, 0.15) is 26.7 Å². The lowest BCUT2D eigenvalue weighted by Gasteiger charge is -2.05. The number of halogens is 1. The highest BCUT2D eigenvalue weighted by molar-refractivity contribution is 6.31. The van der Waals surface area contributed by atoms with Crippen LogP contribution in [-0.2, 0) is 6.54 Å². The molecular formula is C13H11ClN2O4. The molecule has 0 fully saturated rings. The minimum Gasteiger partial charge on any atom is -0.478 e. The van der Waals surface area contributed by atoms with Crippen LogP contribution in [0, 0.1) is 0 Å². The summed E-state index contributed by atoms with van der Waals surface area (Å²) in [6.07, 6.45) is 0. The molecule has 1 amide bonds. The van der Waals surface area contributed by atoms with Crippen LogP contribution in [0.4, 0.5) is 5.69 Å². The number of carbonyl (C=O) groups is 2. The van der Waals surface area contributed by atoms with E-state index in [0.717, 1.165) is 0 Å². The van der Waals surface area contributed by atoms with E-state index in [1.165, 1.54) is 24.3 Å². The number of carbonyl (C=O) groups excluding carboxylic acids is 1. The van der Waals surface area contributed by atoms with E-state index in [-0.39, 0.29) is 28.6 Å². The van der Waals surface area contributed by atoms with Gasteiger partial charge in [-0.2, -0.15) is 0 Å². The van der Waals surface area contributed by atoms with Gasteiger partial charge >= 0.3 is 5.97 Å². The number of nitrogens with two attached hydrogens (primary N) is 1. The Labute approximate surface area is 119 Å². The number of aromatic carboxylic acids is 1. The third-order valence-corrected chi connectivity index (χ3v) is 2.71. The Morgan fingerprint density at radius 1 is 1.30 bits per heavy atom. The van der Waals surface area contributed by atoms with Crippen LogP contribution < -0.4 is 11.1 Å². The monoisotopic (exact) mass is 294 g/mol. The summed E-state index contributed by atoms with van der Waals surface area (Å²) >= 11 is 5.80. The third kappa shape index (κ3) is 3.17. The molecule has 2 rings (SSSR count). The molecule has 0 saturated heterocycles. The Kier molecular flexibility index (Phi) is 4.07. The van der Waals surface area contributed by atoms with Crippen molar-refractivity contribution in [3.05, 3.63) is 52.4 Å². The molecule has 1 heterocycles. The van der Waals surface area contributed by atoms with Crippen molar-refractivity contribution >= 4 is 29.2 Å². The Balaban J connectivity index is 2.21. The van der Waals surface area contributed by atoms with E-state index in [2.05, 4.69) is 5.32 Å². The number of anilines is 1. The number of furan rings is 1. The summed E-state index contributed by atoms with van der Waals surface area (Å²) in [6.45, 7) is 0.188. The number of rotatable bonds is 4. The topological polar surface area (TPSA) is 106 Å². The quantitative estimate of drug-likeness (QED) is 0.802. The molecule has 0 aliphatic heterocycles. The molecule has 104 valence electrons. The van der Waals surface area contributed by atoms with Gasteiger partial charge in [0, 0.05) is 10.7 Å². The van der Waals surface area contributed by atoms with Gasteiger partial charge in [0.25, 0.3) is 5.91 Å². The normalized spacial score (nSPS) is 10.3. The summed E-state index contributed by atoms with van der Waals surface area (Å²) in [6, 6.07) is 7.12. The van der Waals surface area contributed by atoms with Gasteiger partial charge < -0.3 is 20.6 Å². The molecule has 0 aliphatic carbocycles. The van der Waals surface area contributed by atoms with E-state index in [1.54, 1.807) is 6.07 Å². The van der Waals surface area contributed by atoms with Crippen LogP contribution in [0.15, 0.2) is 34.7 Å². The van der Waals surface area contributed by atoms with Crippen molar-refractivity contribution in [2.75, 3.05) is 5.32 Å². The Hall–Kier alpha value is -2.31. The van der Waals surface area contributed by atoms with Crippen LogP contribution in [-0.4, -0.2) is 17.0 Å². The lowest BCUT2D eigenvalue weighted by Crippen LogP contribution is -2.11. The van der Waals surface area contributed by atoms with Gasteiger partial charge in [0.05, 0.1) is 12.1 Å². The summed E-state index contributed by atoms with van der Waals surface area (Å²) in [5.41, 5.74) is 5.63. The number of amides is 1. The molecule has 0 aliphatic rings. The number of hydrogen-bond acceptors (Lipinski definition) is 4. The molecule has 1 aromatic carbocycles. The molecule has 6 nitrogen and oxygen atoms in total. The molecule has 0 atom stereocenters. The molecule has 0 saturated carbocycles. The molecule has 2 aromatic rings. The number of benzene rings is 1. The van der Waals surface area contributed by atoms with Crippen molar-refractivity contribution in [2.24, 2.45) is 5.73 Å². The summed E-state index contributed by atoms with van der Waals surface area (Å²) in [4.78, 5) is 22.8. The van der Waals surface area contributed by atoms with Gasteiger partial charge in [0.15, 0.2) is 5.76 Å². The predicted molar refractivity (Wildman–Crippen MR) is 73.0 cm³/mol. The maximum Gasteiger partial charge on any atom is 0.335 e. The summed E-state index contributed by atoms with van der Waals surface area (Å²) in [5, 5.41) is 11.6. The SMILES string of the molecule is NCc1ccc(C(=O)Nc2cc(Cl)cc(C(=O)O)c2)o1. The highest BCUT2D eigenvalue weighted by Crippen LogP contribution is 2.20. The number of nitrogens with one attached hydrogen (secondary N) is 1. The van der Waals surface area contributed by atoms with Crippen LogP contribution >= 0.6 is 11.6 Å². The molecule has 1 aromatic heterocycles. The van der Waals surface area contributed by atoms with Crippen LogP contribution in [0.5, 0.6) is 0 Å². The van der Waals surface area contributed by atoms with Crippen LogP contribution in [0.2, 0.25) is 5.02 Å². The molecule has 0 radical (unpaired) electrons. The minimum atomic E-state index is -1.13. The van der Waals surface area contributed by atoms with Gasteiger partial charge in [-0.3, -0.25) is 4.79 Å². The summed E-state index contributed by atoms with van der Waals surface area (Å²) in [5.74, 6) is -1.08. The fraction of sp³-hybridized carbons (Fsp3) is 0.0769. The lowest BCUT2D eigenvalue weighted by atomic mass is 10.2. The maximum absolute atomic E-state index is 11.9. The second kappa shape index (κ2) is 5.77. The summed E-state index contributed by atoms with van der Waals surface area (Å²) in [7, 11) is 0. The number of carboxylic acids is 1. The van der Waals surface area contributed by atoms with Crippen molar-refractivity contribution in [1.29, 1.82) is 0 Å². The average Bonchev–Trinajstić information content (AvgIpc) is 2.86. The first kappa shape index (κ1) is 14.1.